The molecule has 0 aromatic carbocycles. The van der Waals surface area contributed by atoms with Crippen molar-refractivity contribution in [2.45, 2.75) is 6.54 Å². The van der Waals surface area contributed by atoms with Gasteiger partial charge < -0.3 is 4.57 Å². The van der Waals surface area contributed by atoms with Crippen molar-refractivity contribution in [3.63, 3.8) is 0 Å². The van der Waals surface area contributed by atoms with Gasteiger partial charge in [0.25, 0.3) is 0 Å². The van der Waals surface area contributed by atoms with Crippen LogP contribution in [0.25, 0.3) is 0 Å². The molecule has 0 spiro atoms. The Morgan fingerprint density at radius 2 is 2.13 bits per heavy atom. The Kier molecular flexibility index (Phi) is 2.78. The molecule has 0 atom stereocenters. The molecule has 5 heteroatoms. The summed E-state index contributed by atoms with van der Waals surface area (Å²) in [5.74, 6) is 0.00599. The van der Waals surface area contributed by atoms with Crippen molar-refractivity contribution in [3.05, 3.63) is 47.8 Å². The molecule has 0 N–H and O–H groups in total. The Balaban J connectivity index is 2.11. The third-order valence-electron chi connectivity index (χ3n) is 1.93. The molecule has 2 aromatic heterocycles. The second-order valence-corrected chi connectivity index (χ2v) is 3.42. The predicted molar refractivity (Wildman–Crippen MR) is 55.8 cm³/mol. The maximum atomic E-state index is 11.7. The molecule has 0 saturated carbocycles. The quantitative estimate of drug-likeness (QED) is 0.743. The lowest BCUT2D eigenvalue weighted by molar-refractivity contribution is 0.0972. The van der Waals surface area contributed by atoms with Crippen LogP contribution in [0.1, 0.15) is 10.4 Å². The second kappa shape index (κ2) is 4.23. The van der Waals surface area contributed by atoms with E-state index >= 15 is 0 Å². The van der Waals surface area contributed by atoms with E-state index in [1.54, 1.807) is 35.3 Å². The summed E-state index contributed by atoms with van der Waals surface area (Å²) in [6.07, 6.45) is 6.32. The number of aromatic nitrogens is 3. The average Bonchev–Trinajstić information content (AvgIpc) is 2.65. The van der Waals surface area contributed by atoms with Crippen LogP contribution in [-0.2, 0) is 6.54 Å². The lowest BCUT2D eigenvalue weighted by Gasteiger charge is -2.00. The fourth-order valence-electron chi connectivity index (χ4n) is 1.21. The molecule has 0 fully saturated rings. The van der Waals surface area contributed by atoms with Crippen molar-refractivity contribution in [1.82, 2.24) is 14.5 Å². The first-order valence-electron chi connectivity index (χ1n) is 4.36. The summed E-state index contributed by atoms with van der Waals surface area (Å²) in [5.41, 5.74) is 0.634. The monoisotopic (exact) mass is 221 g/mol. The number of halogens is 1. The van der Waals surface area contributed by atoms with E-state index < -0.39 is 0 Å². The number of imidazole rings is 1. The predicted octanol–water partition coefficient (Wildman–Crippen LogP) is 1.81. The SMILES string of the molecule is O=C(Cn1cnc(Cl)c1)c1ccncc1. The van der Waals surface area contributed by atoms with Crippen LogP contribution in [-0.4, -0.2) is 20.3 Å². The molecule has 2 rings (SSSR count). The number of hydrogen-bond donors (Lipinski definition) is 0. The molecule has 0 amide bonds. The number of Topliss-reactive ketones (excluding diaryl/α,β-unsaturated/α-hetero) is 1. The number of nitrogens with zero attached hydrogens (tertiary/aromatic N) is 3. The van der Waals surface area contributed by atoms with Gasteiger partial charge in [-0.2, -0.15) is 0 Å². The van der Waals surface area contributed by atoms with E-state index in [-0.39, 0.29) is 12.3 Å². The van der Waals surface area contributed by atoms with Crippen LogP contribution in [0.15, 0.2) is 37.1 Å². The Morgan fingerprint density at radius 1 is 1.40 bits per heavy atom. The maximum absolute atomic E-state index is 11.7. The Bertz CT molecular complexity index is 467. The fourth-order valence-corrected chi connectivity index (χ4v) is 1.38. The summed E-state index contributed by atoms with van der Waals surface area (Å²) in [4.78, 5) is 19.4. The van der Waals surface area contributed by atoms with Gasteiger partial charge in [-0.05, 0) is 12.1 Å². The molecule has 0 saturated heterocycles. The largest absolute Gasteiger partial charge is 0.328 e. The zero-order valence-corrected chi connectivity index (χ0v) is 8.55. The summed E-state index contributed by atoms with van der Waals surface area (Å²) >= 11 is 5.64. The topological polar surface area (TPSA) is 47.8 Å². The smallest absolute Gasteiger partial charge is 0.182 e. The second-order valence-electron chi connectivity index (χ2n) is 3.03. The van der Waals surface area contributed by atoms with Gasteiger partial charge in [-0.25, -0.2) is 4.98 Å². The summed E-state index contributed by atoms with van der Waals surface area (Å²) in [6, 6.07) is 3.36. The van der Waals surface area contributed by atoms with Gasteiger partial charge >= 0.3 is 0 Å². The van der Waals surface area contributed by atoms with Crippen molar-refractivity contribution in [2.75, 3.05) is 0 Å². The molecular weight excluding hydrogens is 214 g/mol. The van der Waals surface area contributed by atoms with Crippen molar-refractivity contribution in [2.24, 2.45) is 0 Å². The molecule has 15 heavy (non-hydrogen) atoms. The number of pyridine rings is 1. The molecule has 2 heterocycles. The van der Waals surface area contributed by atoms with Crippen molar-refractivity contribution in [3.8, 4) is 0 Å². The van der Waals surface area contributed by atoms with Gasteiger partial charge in [-0.15, -0.1) is 0 Å². The molecule has 0 aliphatic carbocycles. The molecule has 0 aliphatic heterocycles. The van der Waals surface area contributed by atoms with Gasteiger partial charge in [0.1, 0.15) is 5.15 Å². The first-order chi connectivity index (χ1) is 7.25. The Hall–Kier alpha value is -1.68. The highest BCUT2D eigenvalue weighted by Crippen LogP contribution is 2.05. The highest BCUT2D eigenvalue weighted by molar-refractivity contribution is 6.29. The van der Waals surface area contributed by atoms with Crippen molar-refractivity contribution < 1.29 is 4.79 Å². The minimum absolute atomic E-state index is 0.00599. The van der Waals surface area contributed by atoms with E-state index in [1.165, 1.54) is 6.33 Å². The third-order valence-corrected chi connectivity index (χ3v) is 2.13. The summed E-state index contributed by atoms with van der Waals surface area (Å²) < 4.78 is 1.64. The summed E-state index contributed by atoms with van der Waals surface area (Å²) in [6.45, 7) is 0.240. The van der Waals surface area contributed by atoms with E-state index in [0.29, 0.717) is 10.7 Å². The number of hydrogen-bond acceptors (Lipinski definition) is 3. The van der Waals surface area contributed by atoms with Gasteiger partial charge in [-0.3, -0.25) is 9.78 Å². The van der Waals surface area contributed by atoms with Crippen LogP contribution in [0.5, 0.6) is 0 Å². The minimum atomic E-state index is 0.00599. The lowest BCUT2D eigenvalue weighted by atomic mass is 10.2. The van der Waals surface area contributed by atoms with Crippen LogP contribution >= 0.6 is 11.6 Å². The first-order valence-corrected chi connectivity index (χ1v) is 4.74. The first kappa shape index (κ1) is 9.86. The van der Waals surface area contributed by atoms with Gasteiger partial charge in [0, 0.05) is 24.2 Å². The number of carbonyl (C=O) groups is 1. The van der Waals surface area contributed by atoms with Gasteiger partial charge in [0.2, 0.25) is 0 Å². The van der Waals surface area contributed by atoms with Crippen LogP contribution in [0.2, 0.25) is 5.15 Å². The van der Waals surface area contributed by atoms with Gasteiger partial charge in [0.05, 0.1) is 12.9 Å². The Labute approximate surface area is 91.5 Å². The molecule has 0 unspecified atom stereocenters. The van der Waals surface area contributed by atoms with E-state index in [4.69, 9.17) is 11.6 Å². The highest BCUT2D eigenvalue weighted by atomic mass is 35.5. The molecule has 2 aromatic rings. The van der Waals surface area contributed by atoms with Crippen molar-refractivity contribution in [1.29, 1.82) is 0 Å². The van der Waals surface area contributed by atoms with Gasteiger partial charge in [0.15, 0.2) is 5.78 Å². The molecule has 0 aliphatic rings. The van der Waals surface area contributed by atoms with Crippen LogP contribution in [0.3, 0.4) is 0 Å². The third kappa shape index (κ3) is 2.41. The standard InChI is InChI=1S/C10H8ClN3O/c11-10-6-14(7-13-10)5-9(15)8-1-3-12-4-2-8/h1-4,6-7H,5H2. The number of carbonyl (C=O) groups excluding carboxylic acids is 1. The normalized spacial score (nSPS) is 10.2. The molecule has 0 radical (unpaired) electrons. The maximum Gasteiger partial charge on any atom is 0.182 e. The molecule has 0 bridgehead atoms. The lowest BCUT2D eigenvalue weighted by Crippen LogP contribution is -2.08. The molecule has 4 nitrogen and oxygen atoms in total. The van der Waals surface area contributed by atoms with E-state index in [1.807, 2.05) is 0 Å². The summed E-state index contributed by atoms with van der Waals surface area (Å²) in [5, 5.41) is 0.387. The summed E-state index contributed by atoms with van der Waals surface area (Å²) in [7, 11) is 0. The Morgan fingerprint density at radius 3 is 2.73 bits per heavy atom. The van der Waals surface area contributed by atoms with E-state index in [9.17, 15) is 4.79 Å². The zero-order valence-electron chi connectivity index (χ0n) is 7.80. The molecular formula is C10H8ClN3O. The number of ketones is 1. The number of rotatable bonds is 3. The minimum Gasteiger partial charge on any atom is -0.328 e. The highest BCUT2D eigenvalue weighted by Gasteiger charge is 2.06. The van der Waals surface area contributed by atoms with Crippen LogP contribution in [0, 0.1) is 0 Å². The van der Waals surface area contributed by atoms with Crippen molar-refractivity contribution >= 4 is 17.4 Å². The van der Waals surface area contributed by atoms with Gasteiger partial charge in [-0.1, -0.05) is 11.6 Å². The zero-order chi connectivity index (χ0) is 10.7. The van der Waals surface area contributed by atoms with E-state index in [2.05, 4.69) is 9.97 Å². The van der Waals surface area contributed by atoms with Crippen LogP contribution < -0.4 is 0 Å². The average molecular weight is 222 g/mol. The fraction of sp³-hybridized carbons (Fsp3) is 0.100. The van der Waals surface area contributed by atoms with E-state index in [0.717, 1.165) is 0 Å². The van der Waals surface area contributed by atoms with Crippen LogP contribution in [0.4, 0.5) is 0 Å². The molecule has 76 valence electrons.